The molecule has 0 radical (unpaired) electrons. The predicted molar refractivity (Wildman–Crippen MR) is 62.3 cm³/mol. The van der Waals surface area contributed by atoms with Crippen LogP contribution in [0.1, 0.15) is 37.4 Å². The van der Waals surface area contributed by atoms with E-state index in [-0.39, 0.29) is 18.0 Å². The van der Waals surface area contributed by atoms with Gasteiger partial charge in [-0.2, -0.15) is 0 Å². The van der Waals surface area contributed by atoms with Crippen molar-refractivity contribution in [3.8, 4) is 5.75 Å². The average Bonchev–Trinajstić information content (AvgIpc) is 2.58. The smallest absolute Gasteiger partial charge is 0.127 e. The molecule has 88 valence electrons. The minimum absolute atomic E-state index is 0.121. The van der Waals surface area contributed by atoms with Crippen molar-refractivity contribution >= 4 is 0 Å². The van der Waals surface area contributed by atoms with Crippen molar-refractivity contribution in [2.24, 2.45) is 0 Å². The molecule has 0 spiro atoms. The molecule has 0 aliphatic carbocycles. The zero-order chi connectivity index (χ0) is 11.7. The highest BCUT2D eigenvalue weighted by molar-refractivity contribution is 5.46. The molecule has 1 aliphatic heterocycles. The van der Waals surface area contributed by atoms with E-state index in [1.165, 1.54) is 6.07 Å². The molecule has 0 bridgehead atoms. The fraction of sp³-hybridized carbons (Fsp3) is 0.538. The number of likely N-dealkylation sites (N-methyl/N-ethyl adjacent to an activating group) is 1. The van der Waals surface area contributed by atoms with Crippen molar-refractivity contribution in [1.29, 1.82) is 0 Å². The molecular weight excluding hydrogens is 205 g/mol. The van der Waals surface area contributed by atoms with Crippen LogP contribution in [0.25, 0.3) is 0 Å². The van der Waals surface area contributed by atoms with Gasteiger partial charge in [0.1, 0.15) is 17.7 Å². The Labute approximate surface area is 95.8 Å². The lowest BCUT2D eigenvalue weighted by Crippen LogP contribution is -2.30. The molecule has 1 aromatic rings. The predicted octanol–water partition coefficient (Wildman–Crippen LogP) is 2.96. The van der Waals surface area contributed by atoms with Crippen molar-refractivity contribution in [2.75, 3.05) is 6.54 Å². The van der Waals surface area contributed by atoms with E-state index in [4.69, 9.17) is 4.74 Å². The van der Waals surface area contributed by atoms with Crippen molar-refractivity contribution in [1.82, 2.24) is 5.32 Å². The fourth-order valence-electron chi connectivity index (χ4n) is 2.35. The Bertz CT molecular complexity index is 392. The van der Waals surface area contributed by atoms with Crippen LogP contribution in [0.3, 0.4) is 0 Å². The van der Waals surface area contributed by atoms with Gasteiger partial charge in [-0.25, -0.2) is 4.39 Å². The van der Waals surface area contributed by atoms with Gasteiger partial charge in [-0.3, -0.25) is 0 Å². The lowest BCUT2D eigenvalue weighted by atomic mass is 10.00. The van der Waals surface area contributed by atoms with E-state index in [2.05, 4.69) is 19.2 Å². The third-order valence-electron chi connectivity index (χ3n) is 3.07. The lowest BCUT2D eigenvalue weighted by molar-refractivity contribution is 0.185. The number of hydrogen-bond donors (Lipinski definition) is 1. The SMILES string of the molecule is CCNC1c2cc(F)cc(C)c2OC1CC. The van der Waals surface area contributed by atoms with Gasteiger partial charge in [-0.1, -0.05) is 13.8 Å². The zero-order valence-electron chi connectivity index (χ0n) is 10.0. The normalized spacial score (nSPS) is 23.0. The van der Waals surface area contributed by atoms with Crippen LogP contribution < -0.4 is 10.1 Å². The van der Waals surface area contributed by atoms with E-state index in [9.17, 15) is 4.39 Å². The van der Waals surface area contributed by atoms with Crippen LogP contribution in [-0.4, -0.2) is 12.6 Å². The summed E-state index contributed by atoms with van der Waals surface area (Å²) in [6.07, 6.45) is 1.04. The summed E-state index contributed by atoms with van der Waals surface area (Å²) in [5, 5.41) is 3.36. The highest BCUT2D eigenvalue weighted by Gasteiger charge is 2.33. The van der Waals surface area contributed by atoms with Gasteiger partial charge in [0.15, 0.2) is 0 Å². The van der Waals surface area contributed by atoms with Crippen LogP contribution in [0, 0.1) is 12.7 Å². The molecule has 16 heavy (non-hydrogen) atoms. The number of fused-ring (bicyclic) bond motifs is 1. The first kappa shape index (κ1) is 11.4. The minimum atomic E-state index is -0.181. The number of aryl methyl sites for hydroxylation is 1. The number of rotatable bonds is 3. The van der Waals surface area contributed by atoms with Gasteiger partial charge in [0, 0.05) is 5.56 Å². The Morgan fingerprint density at radius 3 is 2.75 bits per heavy atom. The lowest BCUT2D eigenvalue weighted by Gasteiger charge is -2.17. The van der Waals surface area contributed by atoms with Gasteiger partial charge in [0.2, 0.25) is 0 Å². The molecule has 2 unspecified atom stereocenters. The maximum atomic E-state index is 13.4. The molecule has 1 aliphatic rings. The van der Waals surface area contributed by atoms with E-state index in [0.29, 0.717) is 0 Å². The van der Waals surface area contributed by atoms with E-state index in [1.807, 2.05) is 6.92 Å². The number of hydrogen-bond acceptors (Lipinski definition) is 2. The third-order valence-corrected chi connectivity index (χ3v) is 3.07. The highest BCUT2D eigenvalue weighted by Crippen LogP contribution is 2.40. The first-order valence-electron chi connectivity index (χ1n) is 5.87. The Balaban J connectivity index is 2.41. The second kappa shape index (κ2) is 4.42. The number of ether oxygens (including phenoxy) is 1. The molecule has 0 fully saturated rings. The topological polar surface area (TPSA) is 21.3 Å². The molecule has 0 aromatic heterocycles. The molecule has 0 saturated carbocycles. The van der Waals surface area contributed by atoms with Crippen LogP contribution in [-0.2, 0) is 0 Å². The molecule has 0 saturated heterocycles. The second-order valence-electron chi connectivity index (χ2n) is 4.24. The number of benzene rings is 1. The standard InChI is InChI=1S/C13H18FNO/c1-4-11-12(15-5-2)10-7-9(14)6-8(3)13(10)16-11/h6-7,11-12,15H,4-5H2,1-3H3. The zero-order valence-corrected chi connectivity index (χ0v) is 10.0. The molecule has 2 rings (SSSR count). The minimum Gasteiger partial charge on any atom is -0.488 e. The molecule has 1 heterocycles. The Kier molecular flexibility index (Phi) is 3.15. The van der Waals surface area contributed by atoms with Crippen LogP contribution in [0.15, 0.2) is 12.1 Å². The largest absolute Gasteiger partial charge is 0.488 e. The van der Waals surface area contributed by atoms with Crippen LogP contribution in [0.2, 0.25) is 0 Å². The summed E-state index contributed by atoms with van der Waals surface area (Å²) in [5.41, 5.74) is 1.85. The summed E-state index contributed by atoms with van der Waals surface area (Å²) in [6.45, 7) is 6.89. The van der Waals surface area contributed by atoms with E-state index < -0.39 is 0 Å². The van der Waals surface area contributed by atoms with E-state index >= 15 is 0 Å². The van der Waals surface area contributed by atoms with Gasteiger partial charge in [-0.15, -0.1) is 0 Å². The second-order valence-corrected chi connectivity index (χ2v) is 4.24. The summed E-state index contributed by atoms with van der Waals surface area (Å²) in [6, 6.07) is 3.24. The highest BCUT2D eigenvalue weighted by atomic mass is 19.1. The van der Waals surface area contributed by atoms with Crippen LogP contribution in [0.5, 0.6) is 5.75 Å². The Morgan fingerprint density at radius 2 is 2.12 bits per heavy atom. The van der Waals surface area contributed by atoms with Gasteiger partial charge in [0.25, 0.3) is 0 Å². The molecule has 0 amide bonds. The average molecular weight is 223 g/mol. The third kappa shape index (κ3) is 1.80. The van der Waals surface area contributed by atoms with Crippen molar-refractivity contribution < 1.29 is 9.13 Å². The summed E-state index contributed by atoms with van der Waals surface area (Å²) in [7, 11) is 0. The van der Waals surface area contributed by atoms with Crippen molar-refractivity contribution in [2.45, 2.75) is 39.3 Å². The molecule has 1 N–H and O–H groups in total. The van der Waals surface area contributed by atoms with E-state index in [1.54, 1.807) is 6.07 Å². The maximum absolute atomic E-state index is 13.4. The summed E-state index contributed by atoms with van der Waals surface area (Å²) in [5.74, 6) is 0.679. The van der Waals surface area contributed by atoms with Gasteiger partial charge in [-0.05, 0) is 37.6 Å². The van der Waals surface area contributed by atoms with Gasteiger partial charge >= 0.3 is 0 Å². The monoisotopic (exact) mass is 223 g/mol. The molecule has 3 heteroatoms. The molecule has 2 atom stereocenters. The molecule has 1 aromatic carbocycles. The van der Waals surface area contributed by atoms with Gasteiger partial charge in [0.05, 0.1) is 6.04 Å². The number of nitrogens with one attached hydrogen (secondary N) is 1. The molecular formula is C13H18FNO. The summed E-state index contributed by atoms with van der Waals surface area (Å²) in [4.78, 5) is 0. The first-order chi connectivity index (χ1) is 7.67. The maximum Gasteiger partial charge on any atom is 0.127 e. The fourth-order valence-corrected chi connectivity index (χ4v) is 2.35. The van der Waals surface area contributed by atoms with Crippen LogP contribution >= 0.6 is 0 Å². The number of halogens is 1. The van der Waals surface area contributed by atoms with Crippen molar-refractivity contribution in [3.05, 3.63) is 29.1 Å². The first-order valence-corrected chi connectivity index (χ1v) is 5.87. The Hall–Kier alpha value is -1.09. The summed E-state index contributed by atoms with van der Waals surface area (Å²) < 4.78 is 19.3. The Morgan fingerprint density at radius 1 is 1.38 bits per heavy atom. The van der Waals surface area contributed by atoms with E-state index in [0.717, 1.165) is 29.8 Å². The quantitative estimate of drug-likeness (QED) is 0.850. The van der Waals surface area contributed by atoms with Gasteiger partial charge < -0.3 is 10.1 Å². The van der Waals surface area contributed by atoms with Crippen molar-refractivity contribution in [3.63, 3.8) is 0 Å². The van der Waals surface area contributed by atoms with Crippen LogP contribution in [0.4, 0.5) is 4.39 Å². The molecule has 2 nitrogen and oxygen atoms in total. The summed E-state index contributed by atoms with van der Waals surface area (Å²) >= 11 is 0.